The highest BCUT2D eigenvalue weighted by molar-refractivity contribution is 6.20. The molecule has 0 bridgehead atoms. The maximum atomic E-state index is 7.58. The van der Waals surface area contributed by atoms with E-state index in [2.05, 4.69) is 259 Å². The average Bonchev–Trinajstić information content (AvgIpc) is 3.99. The van der Waals surface area contributed by atoms with Crippen molar-refractivity contribution in [2.45, 2.75) is 24.8 Å². The van der Waals surface area contributed by atoms with Gasteiger partial charge in [-0.2, -0.15) is 0 Å². The molecule has 0 amide bonds. The number of hydrogen-bond donors (Lipinski definition) is 0. The van der Waals surface area contributed by atoms with E-state index in [9.17, 15) is 0 Å². The molecular formula is C74H50N2O4. The SMILES string of the molecule is CC1C=CC=CC1C1(c2ccccc2)C2=C(c3c(oc4ccccc34)C(N(c3ccccc3)c3ccc4c(c3)oc3ccccc34)C2)c2c1cc(N(c1ccccc1)c1ccc3c(c1)oc1ccccc13)c1c2oc2ccccc21. The van der Waals surface area contributed by atoms with Crippen molar-refractivity contribution in [1.29, 1.82) is 0 Å². The highest BCUT2D eigenvalue weighted by Gasteiger charge is 2.57. The molecule has 0 saturated carbocycles. The summed E-state index contributed by atoms with van der Waals surface area (Å²) in [6, 6.07) is 82.4. The Kier molecular flexibility index (Phi) is 9.70. The van der Waals surface area contributed by atoms with Crippen molar-refractivity contribution >= 4 is 111 Å². The van der Waals surface area contributed by atoms with E-state index in [1.165, 1.54) is 22.3 Å². The fourth-order valence-corrected chi connectivity index (χ4v) is 14.4. The third-order valence-electron chi connectivity index (χ3n) is 17.7. The van der Waals surface area contributed by atoms with Gasteiger partial charge in [0, 0.05) is 89.7 Å². The number of allylic oxidation sites excluding steroid dienone is 4. The third kappa shape index (κ3) is 6.36. The fourth-order valence-electron chi connectivity index (χ4n) is 14.4. The zero-order valence-electron chi connectivity index (χ0n) is 43.7. The summed E-state index contributed by atoms with van der Waals surface area (Å²) >= 11 is 0. The van der Waals surface area contributed by atoms with E-state index in [1.54, 1.807) is 0 Å². The van der Waals surface area contributed by atoms with E-state index < -0.39 is 5.41 Å². The summed E-state index contributed by atoms with van der Waals surface area (Å²) in [6.45, 7) is 2.39. The lowest BCUT2D eigenvalue weighted by molar-refractivity contribution is 0.350. The monoisotopic (exact) mass is 1030 g/mol. The topological polar surface area (TPSA) is 59.0 Å². The van der Waals surface area contributed by atoms with Gasteiger partial charge in [-0.15, -0.1) is 0 Å². The first kappa shape index (κ1) is 45.0. The van der Waals surface area contributed by atoms with Gasteiger partial charge in [-0.3, -0.25) is 0 Å². The Hall–Kier alpha value is -10.0. The molecule has 4 aromatic heterocycles. The van der Waals surface area contributed by atoms with E-state index in [0.717, 1.165) is 122 Å². The van der Waals surface area contributed by atoms with Gasteiger partial charge in [0.25, 0.3) is 0 Å². The summed E-state index contributed by atoms with van der Waals surface area (Å²) in [6.07, 6.45) is 9.99. The van der Waals surface area contributed by atoms with Gasteiger partial charge >= 0.3 is 0 Å². The fraction of sp³-hybridized carbons (Fsp3) is 0.0811. The molecule has 0 fully saturated rings. The average molecular weight is 1030 g/mol. The summed E-state index contributed by atoms with van der Waals surface area (Å²) in [5, 5.41) is 7.52. The van der Waals surface area contributed by atoms with Crippen molar-refractivity contribution in [3.8, 4) is 0 Å². The number of anilines is 5. The number of benzene rings is 10. The first-order chi connectivity index (χ1) is 39.6. The Morgan fingerprint density at radius 2 is 0.950 bits per heavy atom. The predicted molar refractivity (Wildman–Crippen MR) is 326 cm³/mol. The summed E-state index contributed by atoms with van der Waals surface area (Å²) in [4.78, 5) is 4.93. The first-order valence-corrected chi connectivity index (χ1v) is 27.8. The highest BCUT2D eigenvalue weighted by Crippen LogP contribution is 2.67. The zero-order chi connectivity index (χ0) is 52.6. The molecule has 4 unspecified atom stereocenters. The lowest BCUT2D eigenvalue weighted by atomic mass is 9.57. The molecule has 4 atom stereocenters. The van der Waals surface area contributed by atoms with Crippen LogP contribution in [0.1, 0.15) is 47.4 Å². The van der Waals surface area contributed by atoms with E-state index in [4.69, 9.17) is 17.7 Å². The van der Waals surface area contributed by atoms with Crippen LogP contribution < -0.4 is 9.80 Å². The predicted octanol–water partition coefficient (Wildman–Crippen LogP) is 20.4. The van der Waals surface area contributed by atoms with E-state index in [1.807, 2.05) is 12.1 Å². The largest absolute Gasteiger partial charge is 0.458 e. The van der Waals surface area contributed by atoms with Crippen LogP contribution in [0.15, 0.2) is 278 Å². The maximum Gasteiger partial charge on any atom is 0.145 e. The molecule has 3 aliphatic rings. The van der Waals surface area contributed by atoms with Crippen molar-refractivity contribution in [3.63, 3.8) is 0 Å². The molecule has 4 heterocycles. The Labute approximate surface area is 461 Å². The second kappa shape index (κ2) is 17.2. The molecule has 17 rings (SSSR count). The molecule has 380 valence electrons. The number of furan rings is 4. The van der Waals surface area contributed by atoms with Gasteiger partial charge in [-0.25, -0.2) is 0 Å². The summed E-state index contributed by atoms with van der Waals surface area (Å²) < 4.78 is 28.4. The van der Waals surface area contributed by atoms with Crippen LogP contribution >= 0.6 is 0 Å². The number of rotatable bonds is 8. The lowest BCUT2D eigenvalue weighted by Crippen LogP contribution is -2.41. The Morgan fingerprint density at radius 1 is 0.425 bits per heavy atom. The minimum Gasteiger partial charge on any atom is -0.458 e. The van der Waals surface area contributed by atoms with Gasteiger partial charge in [0.2, 0.25) is 0 Å². The smallest absolute Gasteiger partial charge is 0.145 e. The van der Waals surface area contributed by atoms with Gasteiger partial charge in [-0.1, -0.05) is 171 Å². The molecule has 3 aliphatic carbocycles. The standard InChI is InChI=1S/C74H50N2O4/c1-45-21-11-16-32-57(45)74(46-22-5-2-6-23-46)58-44-61(76(48-26-9-4-10-27-48)50-38-40-54-52-29-13-18-34-63(52)78-67(54)42-50)72-69(56-31-15-20-36-65(56)79-72)70(58)71-59(74)43-60(68-55-30-14-19-35-64(55)80-73(68)71)75(47-24-7-3-8-25-47)49-37-39-53-51-28-12-17-33-62(51)77-66(53)41-49/h2-43,45,57,61H,44H2,1H3. The maximum absolute atomic E-state index is 7.58. The first-order valence-electron chi connectivity index (χ1n) is 27.8. The van der Waals surface area contributed by atoms with Crippen molar-refractivity contribution < 1.29 is 17.7 Å². The van der Waals surface area contributed by atoms with Crippen LogP contribution in [0.4, 0.5) is 28.4 Å². The van der Waals surface area contributed by atoms with Gasteiger partial charge in [-0.05, 0) is 113 Å². The van der Waals surface area contributed by atoms with E-state index in [-0.39, 0.29) is 17.9 Å². The number of nitrogens with zero attached hydrogens (tertiary/aromatic N) is 2. The van der Waals surface area contributed by atoms with Crippen molar-refractivity contribution in [2.75, 3.05) is 9.80 Å². The van der Waals surface area contributed by atoms with Gasteiger partial charge in [0.1, 0.15) is 44.8 Å². The lowest BCUT2D eigenvalue weighted by Gasteiger charge is -2.46. The summed E-state index contributed by atoms with van der Waals surface area (Å²) in [7, 11) is 0. The number of hydrogen-bond acceptors (Lipinski definition) is 6. The normalized spacial score (nSPS) is 18.5. The summed E-state index contributed by atoms with van der Waals surface area (Å²) in [5.74, 6) is 1.03. The van der Waals surface area contributed by atoms with E-state index >= 15 is 0 Å². The zero-order valence-corrected chi connectivity index (χ0v) is 43.7. The van der Waals surface area contributed by atoms with Crippen molar-refractivity contribution in [2.24, 2.45) is 11.8 Å². The van der Waals surface area contributed by atoms with Crippen LogP contribution in [0, 0.1) is 11.8 Å². The van der Waals surface area contributed by atoms with Gasteiger partial charge in [0.15, 0.2) is 0 Å². The molecule has 0 saturated heterocycles. The molecule has 0 radical (unpaired) electrons. The van der Waals surface area contributed by atoms with Gasteiger partial charge < -0.3 is 27.5 Å². The minimum absolute atomic E-state index is 0.0228. The molecule has 10 aromatic carbocycles. The molecular weight excluding hydrogens is 981 g/mol. The quantitative estimate of drug-likeness (QED) is 0.151. The molecule has 6 nitrogen and oxygen atoms in total. The Balaban J connectivity index is 1.00. The van der Waals surface area contributed by atoms with Crippen LogP contribution in [0.2, 0.25) is 0 Å². The molecule has 80 heavy (non-hydrogen) atoms. The Bertz CT molecular complexity index is 4920. The van der Waals surface area contributed by atoms with E-state index in [0.29, 0.717) is 6.42 Å². The highest BCUT2D eigenvalue weighted by atomic mass is 16.3. The second-order valence-electron chi connectivity index (χ2n) is 21.8. The molecule has 6 heteroatoms. The van der Waals surface area contributed by atoms with Crippen LogP contribution in [-0.2, 0) is 5.41 Å². The van der Waals surface area contributed by atoms with Crippen LogP contribution in [-0.4, -0.2) is 0 Å². The van der Waals surface area contributed by atoms with Crippen LogP contribution in [0.3, 0.4) is 0 Å². The van der Waals surface area contributed by atoms with Crippen LogP contribution in [0.25, 0.3) is 82.4 Å². The number of fused-ring (bicyclic) bond motifs is 16. The number of para-hydroxylation sites is 6. The Morgan fingerprint density at radius 3 is 1.61 bits per heavy atom. The summed E-state index contributed by atoms with van der Waals surface area (Å²) in [5.41, 5.74) is 17.4. The van der Waals surface area contributed by atoms with Crippen molar-refractivity contribution in [1.82, 2.24) is 0 Å². The second-order valence-corrected chi connectivity index (χ2v) is 21.8. The molecule has 14 aromatic rings. The molecule has 0 spiro atoms. The molecule has 0 N–H and O–H groups in total. The molecule has 0 aliphatic heterocycles. The third-order valence-corrected chi connectivity index (χ3v) is 17.7. The van der Waals surface area contributed by atoms with Crippen LogP contribution in [0.5, 0.6) is 0 Å². The van der Waals surface area contributed by atoms with Gasteiger partial charge in [0.05, 0.1) is 17.1 Å². The minimum atomic E-state index is -0.737. The van der Waals surface area contributed by atoms with Crippen molar-refractivity contribution in [3.05, 3.63) is 288 Å².